The third-order valence-electron chi connectivity index (χ3n) is 5.19. The fourth-order valence-corrected chi connectivity index (χ4v) is 6.62. The molecule has 6 rings (SSSR count). The van der Waals surface area contributed by atoms with E-state index in [1.807, 2.05) is 0 Å². The highest BCUT2D eigenvalue weighted by atomic mass is 79.9. The second-order valence-corrected chi connectivity index (χ2v) is 12.3. The first-order valence-corrected chi connectivity index (χ1v) is 15.7. The average molecular weight is 679 g/mol. The van der Waals surface area contributed by atoms with Gasteiger partial charge in [-0.2, -0.15) is 0 Å². The van der Waals surface area contributed by atoms with E-state index < -0.39 is 0 Å². The van der Waals surface area contributed by atoms with Crippen LogP contribution < -0.4 is 5.73 Å². The van der Waals surface area contributed by atoms with Crippen LogP contribution in [-0.2, 0) is 11.1 Å². The Morgan fingerprint density at radius 1 is 0.750 bits per heavy atom. The van der Waals surface area contributed by atoms with Crippen LogP contribution in [0.4, 0.5) is 0 Å². The molecule has 0 atom stereocenters. The van der Waals surface area contributed by atoms with Crippen LogP contribution in [0.25, 0.3) is 30.3 Å². The summed E-state index contributed by atoms with van der Waals surface area (Å²) in [6.45, 7) is 2.12. The molecule has 0 unspecified atom stereocenters. The highest BCUT2D eigenvalue weighted by Gasteiger charge is 1.99. The number of alkyl halides is 1. The molecule has 0 saturated heterocycles. The van der Waals surface area contributed by atoms with Gasteiger partial charge in [-0.3, -0.25) is 5.41 Å². The van der Waals surface area contributed by atoms with Gasteiger partial charge in [-0.25, -0.2) is 0 Å². The van der Waals surface area contributed by atoms with Crippen molar-refractivity contribution >= 4 is 114 Å². The van der Waals surface area contributed by atoms with Gasteiger partial charge in [-0.05, 0) is 98.9 Å². The summed E-state index contributed by atoms with van der Waals surface area (Å²) < 4.78 is 4.06. The Hall–Kier alpha value is -1.68. The van der Waals surface area contributed by atoms with E-state index in [0.717, 1.165) is 11.1 Å². The van der Waals surface area contributed by atoms with Gasteiger partial charge in [-0.1, -0.05) is 57.5 Å². The van der Waals surface area contributed by atoms with Crippen LogP contribution in [0.5, 0.6) is 0 Å². The normalized spacial score (nSPS) is 10.3. The topological polar surface area (TPSA) is 49.9 Å². The molecule has 3 N–H and O–H groups in total. The van der Waals surface area contributed by atoms with E-state index in [1.54, 1.807) is 34.0 Å². The predicted molar refractivity (Wildman–Crippen MR) is 176 cm³/mol. The van der Waals surface area contributed by atoms with E-state index in [2.05, 4.69) is 112 Å². The van der Waals surface area contributed by atoms with Gasteiger partial charge in [0.1, 0.15) is 0 Å². The third kappa shape index (κ3) is 8.16. The summed E-state index contributed by atoms with van der Waals surface area (Å²) in [5.74, 6) is 0.779. The smallest absolute Gasteiger partial charge is 0.151 e. The molecule has 186 valence electrons. The zero-order valence-electron chi connectivity index (χ0n) is 19.6. The van der Waals surface area contributed by atoms with Crippen LogP contribution in [0.3, 0.4) is 0 Å². The van der Waals surface area contributed by atoms with Crippen molar-refractivity contribution in [1.82, 2.24) is 0 Å². The van der Waals surface area contributed by atoms with Gasteiger partial charge in [0.15, 0.2) is 5.17 Å². The maximum absolute atomic E-state index is 7.12. The number of amidine groups is 1. The van der Waals surface area contributed by atoms with Crippen molar-refractivity contribution < 1.29 is 0 Å². The molecule has 0 aliphatic carbocycles. The number of halogens is 2. The molecular formula is C28H26Br2N2S4. The maximum atomic E-state index is 7.12. The Bertz CT molecular complexity index is 1550. The molecule has 0 radical (unpaired) electrons. The summed E-state index contributed by atoms with van der Waals surface area (Å²) in [6.07, 6.45) is 0. The minimum absolute atomic E-state index is 0. The first kappa shape index (κ1) is 28.9. The second-order valence-electron chi connectivity index (χ2n) is 7.83. The summed E-state index contributed by atoms with van der Waals surface area (Å²) in [5.41, 5.74) is 9.18. The molecule has 6 aromatic rings. The Kier molecular flexibility index (Phi) is 11.5. The molecule has 0 spiro atoms. The minimum Gasteiger partial charge on any atom is -0.379 e. The van der Waals surface area contributed by atoms with Crippen molar-refractivity contribution in [2.24, 2.45) is 5.73 Å². The molecule has 3 heterocycles. The highest BCUT2D eigenvalue weighted by Crippen LogP contribution is 2.24. The van der Waals surface area contributed by atoms with Crippen molar-refractivity contribution in [3.05, 3.63) is 106 Å². The summed E-state index contributed by atoms with van der Waals surface area (Å²) in [4.78, 5) is 0. The van der Waals surface area contributed by atoms with Gasteiger partial charge in [0.2, 0.25) is 0 Å². The van der Waals surface area contributed by atoms with Crippen LogP contribution in [-0.4, -0.2) is 5.17 Å². The van der Waals surface area contributed by atoms with E-state index >= 15 is 0 Å². The highest BCUT2D eigenvalue weighted by molar-refractivity contribution is 9.08. The molecular weight excluding hydrogens is 652 g/mol. The first-order chi connectivity index (χ1) is 17.0. The standard InChI is InChI=1S/C10H10N2S2.C9H7BrS.C9H8S.BrH/c11-10(12)14-6-7-1-2-9-8(5-7)3-4-13-9;10-6-7-1-2-9-8(5-7)3-4-11-9;1-7-2-3-9-8(6-7)4-5-10-9;/h1-5H,6H2,(H3,11,12);1-5H,6H2;2-6H,1H3;1H. The Labute approximate surface area is 247 Å². The van der Waals surface area contributed by atoms with Gasteiger partial charge < -0.3 is 5.73 Å². The van der Waals surface area contributed by atoms with E-state index in [0.29, 0.717) is 0 Å². The lowest BCUT2D eigenvalue weighted by atomic mass is 10.2. The molecule has 3 aromatic carbocycles. The van der Waals surface area contributed by atoms with Crippen molar-refractivity contribution in [2.45, 2.75) is 18.0 Å². The lowest BCUT2D eigenvalue weighted by Crippen LogP contribution is -2.03. The predicted octanol–water partition coefficient (Wildman–Crippen LogP) is 10.6. The number of thioether (sulfide) groups is 1. The van der Waals surface area contributed by atoms with E-state index in [-0.39, 0.29) is 22.1 Å². The molecule has 0 fully saturated rings. The first-order valence-electron chi connectivity index (χ1n) is 10.9. The van der Waals surface area contributed by atoms with Gasteiger partial charge in [0, 0.05) is 25.2 Å². The zero-order valence-corrected chi connectivity index (χ0v) is 26.1. The number of thiophene rings is 3. The average Bonchev–Trinajstić information content (AvgIpc) is 3.62. The molecule has 0 saturated carbocycles. The third-order valence-corrected chi connectivity index (χ3v) is 9.32. The fraction of sp³-hybridized carbons (Fsp3) is 0.107. The molecule has 8 heteroatoms. The quantitative estimate of drug-likeness (QED) is 0.111. The number of benzene rings is 3. The van der Waals surface area contributed by atoms with Crippen LogP contribution in [0.15, 0.2) is 88.9 Å². The summed E-state index contributed by atoms with van der Waals surface area (Å²) in [5, 5.41) is 18.6. The Morgan fingerprint density at radius 3 is 1.75 bits per heavy atom. The van der Waals surface area contributed by atoms with Gasteiger partial charge in [-0.15, -0.1) is 51.0 Å². The lowest BCUT2D eigenvalue weighted by molar-refractivity contribution is 1.44. The van der Waals surface area contributed by atoms with E-state index in [9.17, 15) is 0 Å². The second kappa shape index (κ2) is 14.3. The van der Waals surface area contributed by atoms with Crippen LogP contribution >= 0.6 is 78.7 Å². The lowest BCUT2D eigenvalue weighted by Gasteiger charge is -1.99. The molecule has 0 aliphatic rings. The van der Waals surface area contributed by atoms with Gasteiger partial charge >= 0.3 is 0 Å². The van der Waals surface area contributed by atoms with E-state index in [4.69, 9.17) is 11.1 Å². The zero-order chi connectivity index (χ0) is 24.6. The molecule has 3 aromatic heterocycles. The number of nitrogens with two attached hydrogens (primary N) is 1. The number of aryl methyl sites for hydroxylation is 1. The van der Waals surface area contributed by atoms with Gasteiger partial charge in [0.05, 0.1) is 0 Å². The Morgan fingerprint density at radius 2 is 1.22 bits per heavy atom. The van der Waals surface area contributed by atoms with Crippen molar-refractivity contribution in [2.75, 3.05) is 0 Å². The van der Waals surface area contributed by atoms with Crippen molar-refractivity contribution in [1.29, 1.82) is 5.41 Å². The summed E-state index contributed by atoms with van der Waals surface area (Å²) >= 11 is 10.1. The van der Waals surface area contributed by atoms with Crippen LogP contribution in [0.2, 0.25) is 0 Å². The summed E-state index contributed by atoms with van der Waals surface area (Å²) in [6, 6.07) is 25.9. The summed E-state index contributed by atoms with van der Waals surface area (Å²) in [7, 11) is 0. The van der Waals surface area contributed by atoms with Gasteiger partial charge in [0.25, 0.3) is 0 Å². The number of hydrogen-bond acceptors (Lipinski definition) is 5. The SMILES string of the molecule is Br.BrCc1ccc2sccc2c1.Cc1ccc2sccc2c1.N=C(N)SCc1ccc2sccc2c1. The monoisotopic (exact) mass is 676 g/mol. The number of nitrogens with one attached hydrogen (secondary N) is 1. The molecule has 0 aliphatic heterocycles. The fourth-order valence-electron chi connectivity index (χ4n) is 3.45. The van der Waals surface area contributed by atoms with Crippen LogP contribution in [0.1, 0.15) is 16.7 Å². The molecule has 0 amide bonds. The number of fused-ring (bicyclic) bond motifs is 3. The van der Waals surface area contributed by atoms with Crippen molar-refractivity contribution in [3.63, 3.8) is 0 Å². The minimum atomic E-state index is 0. The maximum Gasteiger partial charge on any atom is 0.151 e. The largest absolute Gasteiger partial charge is 0.379 e. The Balaban J connectivity index is 0.000000151. The molecule has 36 heavy (non-hydrogen) atoms. The molecule has 2 nitrogen and oxygen atoms in total. The van der Waals surface area contributed by atoms with E-state index in [1.165, 1.54) is 58.7 Å². The molecule has 0 bridgehead atoms. The number of rotatable bonds is 3. The number of hydrogen-bond donors (Lipinski definition) is 2. The van der Waals surface area contributed by atoms with Crippen LogP contribution in [0, 0.1) is 12.3 Å². The van der Waals surface area contributed by atoms with Crippen molar-refractivity contribution in [3.8, 4) is 0 Å².